The van der Waals surface area contributed by atoms with E-state index in [2.05, 4.69) is 55.2 Å². The molecule has 0 saturated heterocycles. The van der Waals surface area contributed by atoms with Gasteiger partial charge in [-0.05, 0) is 24.6 Å². The van der Waals surface area contributed by atoms with E-state index in [4.69, 9.17) is 4.98 Å². The average molecular weight is 313 g/mol. The summed E-state index contributed by atoms with van der Waals surface area (Å²) in [4.78, 5) is 8.82. The Kier molecular flexibility index (Phi) is 3.70. The molecule has 114 valence electrons. The van der Waals surface area contributed by atoms with Crippen LogP contribution in [0.25, 0.3) is 5.00 Å². The van der Waals surface area contributed by atoms with E-state index in [9.17, 15) is 0 Å². The van der Waals surface area contributed by atoms with Crippen molar-refractivity contribution in [3.63, 3.8) is 0 Å². The van der Waals surface area contributed by atoms with Crippen LogP contribution in [0.5, 0.6) is 0 Å². The fourth-order valence-electron chi connectivity index (χ4n) is 2.17. The average Bonchev–Trinajstić information content (AvgIpc) is 3.05. The number of anilines is 2. The Morgan fingerprint density at radius 3 is 2.68 bits per heavy atom. The first-order valence-electron chi connectivity index (χ1n) is 7.13. The first-order chi connectivity index (χ1) is 10.4. The normalized spacial score (nSPS) is 11.6. The highest BCUT2D eigenvalue weighted by Gasteiger charge is 2.25. The first-order valence-corrected chi connectivity index (χ1v) is 7.95. The highest BCUT2D eigenvalue weighted by atomic mass is 32.1. The van der Waals surface area contributed by atoms with Crippen LogP contribution >= 0.6 is 11.3 Å². The molecule has 0 amide bonds. The Balaban J connectivity index is 2.00. The topological polar surface area (TPSA) is 55.6 Å². The maximum Gasteiger partial charge on any atom is 0.189 e. The number of aromatic nitrogens is 4. The van der Waals surface area contributed by atoms with Gasteiger partial charge in [-0.25, -0.2) is 14.6 Å². The van der Waals surface area contributed by atoms with Gasteiger partial charge in [-0.15, -0.1) is 0 Å². The number of aryl methyl sites for hydroxylation is 1. The van der Waals surface area contributed by atoms with E-state index in [1.165, 1.54) is 5.56 Å². The predicted molar refractivity (Wildman–Crippen MR) is 90.2 cm³/mol. The van der Waals surface area contributed by atoms with Gasteiger partial charge in [0.15, 0.2) is 5.13 Å². The molecule has 0 bridgehead atoms. The highest BCUT2D eigenvalue weighted by molar-refractivity contribution is 7.18. The molecule has 0 aliphatic carbocycles. The molecular formula is C16H19N5S. The van der Waals surface area contributed by atoms with Gasteiger partial charge in [-0.2, -0.15) is 5.10 Å². The highest BCUT2D eigenvalue weighted by Crippen LogP contribution is 2.35. The lowest BCUT2D eigenvalue weighted by Crippen LogP contribution is -2.15. The molecule has 0 atom stereocenters. The van der Waals surface area contributed by atoms with Gasteiger partial charge in [0, 0.05) is 11.1 Å². The zero-order valence-corrected chi connectivity index (χ0v) is 14.0. The number of hydrogen-bond acceptors (Lipinski definition) is 5. The van der Waals surface area contributed by atoms with Gasteiger partial charge < -0.3 is 5.32 Å². The summed E-state index contributed by atoms with van der Waals surface area (Å²) in [5.74, 6) is 0. The minimum Gasteiger partial charge on any atom is -0.331 e. The molecule has 2 heterocycles. The van der Waals surface area contributed by atoms with E-state index in [0.29, 0.717) is 0 Å². The lowest BCUT2D eigenvalue weighted by Gasteiger charge is -2.16. The number of nitrogens with zero attached hydrogens (tertiary/aromatic N) is 4. The van der Waals surface area contributed by atoms with Crippen LogP contribution in [-0.2, 0) is 5.41 Å². The molecule has 2 aromatic heterocycles. The van der Waals surface area contributed by atoms with Gasteiger partial charge in [0.25, 0.3) is 0 Å². The molecule has 1 N–H and O–H groups in total. The Morgan fingerprint density at radius 2 is 2.05 bits per heavy atom. The molecule has 1 aromatic carbocycles. The van der Waals surface area contributed by atoms with Crippen LogP contribution in [0.4, 0.5) is 10.8 Å². The molecule has 0 unspecified atom stereocenters. The molecule has 5 nitrogen and oxygen atoms in total. The number of nitrogens with one attached hydrogen (secondary N) is 1. The molecular weight excluding hydrogens is 294 g/mol. The quantitative estimate of drug-likeness (QED) is 0.792. The minimum atomic E-state index is -0.0652. The van der Waals surface area contributed by atoms with Crippen LogP contribution in [0.1, 0.15) is 32.0 Å². The van der Waals surface area contributed by atoms with Crippen LogP contribution in [-0.4, -0.2) is 19.7 Å². The zero-order chi connectivity index (χ0) is 15.7. The molecule has 3 aromatic rings. The molecule has 0 fully saturated rings. The second-order valence-corrected chi connectivity index (χ2v) is 7.23. The van der Waals surface area contributed by atoms with Gasteiger partial charge in [0.1, 0.15) is 17.7 Å². The fourth-order valence-corrected chi connectivity index (χ4v) is 3.29. The second-order valence-electron chi connectivity index (χ2n) is 6.26. The van der Waals surface area contributed by atoms with E-state index in [1.54, 1.807) is 28.7 Å². The van der Waals surface area contributed by atoms with Crippen molar-refractivity contribution in [2.75, 3.05) is 5.32 Å². The largest absolute Gasteiger partial charge is 0.331 e. The molecule has 0 spiro atoms. The predicted octanol–water partition coefficient (Wildman–Crippen LogP) is 4.07. The monoisotopic (exact) mass is 313 g/mol. The molecule has 0 saturated carbocycles. The van der Waals surface area contributed by atoms with Crippen LogP contribution in [0.2, 0.25) is 0 Å². The van der Waals surface area contributed by atoms with Crippen molar-refractivity contribution in [1.82, 2.24) is 19.7 Å². The van der Waals surface area contributed by atoms with E-state index in [1.807, 2.05) is 12.1 Å². The number of rotatable bonds is 3. The van der Waals surface area contributed by atoms with Crippen molar-refractivity contribution >= 4 is 22.2 Å². The summed E-state index contributed by atoms with van der Waals surface area (Å²) >= 11 is 1.58. The van der Waals surface area contributed by atoms with E-state index >= 15 is 0 Å². The number of benzene rings is 1. The summed E-state index contributed by atoms with van der Waals surface area (Å²) < 4.78 is 1.78. The summed E-state index contributed by atoms with van der Waals surface area (Å²) in [5.41, 5.74) is 3.20. The fraction of sp³-hybridized carbons (Fsp3) is 0.312. The first kappa shape index (κ1) is 14.7. The molecule has 22 heavy (non-hydrogen) atoms. The molecule has 0 aliphatic rings. The van der Waals surface area contributed by atoms with E-state index in [0.717, 1.165) is 21.5 Å². The van der Waals surface area contributed by atoms with Crippen LogP contribution in [0.3, 0.4) is 0 Å². The van der Waals surface area contributed by atoms with Crippen molar-refractivity contribution in [3.8, 4) is 5.00 Å². The third kappa shape index (κ3) is 3.01. The van der Waals surface area contributed by atoms with Crippen LogP contribution in [0, 0.1) is 6.92 Å². The Morgan fingerprint density at radius 1 is 1.23 bits per heavy atom. The maximum absolute atomic E-state index is 4.78. The van der Waals surface area contributed by atoms with Gasteiger partial charge in [0.2, 0.25) is 0 Å². The van der Waals surface area contributed by atoms with Gasteiger partial charge >= 0.3 is 0 Å². The van der Waals surface area contributed by atoms with Gasteiger partial charge in [0.05, 0.1) is 5.69 Å². The van der Waals surface area contributed by atoms with Crippen LogP contribution in [0.15, 0.2) is 36.9 Å². The molecule has 0 aliphatic heterocycles. The van der Waals surface area contributed by atoms with E-state index < -0.39 is 0 Å². The van der Waals surface area contributed by atoms with Gasteiger partial charge in [-0.1, -0.05) is 44.2 Å². The smallest absolute Gasteiger partial charge is 0.189 e. The second kappa shape index (κ2) is 5.53. The van der Waals surface area contributed by atoms with Crippen molar-refractivity contribution in [1.29, 1.82) is 0 Å². The third-order valence-electron chi connectivity index (χ3n) is 3.22. The van der Waals surface area contributed by atoms with Gasteiger partial charge in [-0.3, -0.25) is 0 Å². The van der Waals surface area contributed by atoms with Crippen molar-refractivity contribution in [2.24, 2.45) is 0 Å². The standard InChI is InChI=1S/C16H19N5S/c1-11-6-5-7-12(8-11)19-15-20-13(16(2,3)4)14(22-15)21-10-17-9-18-21/h5-10H,1-4H3,(H,19,20). The van der Waals surface area contributed by atoms with Crippen molar-refractivity contribution in [3.05, 3.63) is 48.2 Å². The third-order valence-corrected chi connectivity index (χ3v) is 4.18. The summed E-state index contributed by atoms with van der Waals surface area (Å²) in [6.45, 7) is 8.53. The lowest BCUT2D eigenvalue weighted by molar-refractivity contribution is 0.567. The maximum atomic E-state index is 4.78. The number of thiazole rings is 1. The molecule has 3 rings (SSSR count). The zero-order valence-electron chi connectivity index (χ0n) is 13.2. The SMILES string of the molecule is Cc1cccc(Nc2nc(C(C)(C)C)c(-n3cncn3)s2)c1. The van der Waals surface area contributed by atoms with Crippen molar-refractivity contribution in [2.45, 2.75) is 33.1 Å². The Hall–Kier alpha value is -2.21. The molecule has 0 radical (unpaired) electrons. The lowest BCUT2D eigenvalue weighted by atomic mass is 9.92. The summed E-state index contributed by atoms with van der Waals surface area (Å²) in [6, 6.07) is 8.26. The molecule has 6 heteroatoms. The number of hydrogen-bond donors (Lipinski definition) is 1. The van der Waals surface area contributed by atoms with Crippen molar-refractivity contribution < 1.29 is 0 Å². The Bertz CT molecular complexity index is 768. The van der Waals surface area contributed by atoms with Crippen LogP contribution < -0.4 is 5.32 Å². The Labute approximate surface area is 134 Å². The summed E-state index contributed by atoms with van der Waals surface area (Å²) in [6.07, 6.45) is 3.25. The summed E-state index contributed by atoms with van der Waals surface area (Å²) in [5, 5.41) is 9.49. The van der Waals surface area contributed by atoms with E-state index in [-0.39, 0.29) is 5.41 Å². The summed E-state index contributed by atoms with van der Waals surface area (Å²) in [7, 11) is 0. The minimum absolute atomic E-state index is 0.0652.